The highest BCUT2D eigenvalue weighted by Crippen LogP contribution is 2.13. The van der Waals surface area contributed by atoms with Crippen LogP contribution in [0.3, 0.4) is 0 Å². The van der Waals surface area contributed by atoms with E-state index in [1.165, 1.54) is 18.2 Å². The third kappa shape index (κ3) is 2.99. The standard InChI is InChI=1S/C10H11NO2/c1-2-3-10(13)11-8-4-6-9(12)7-5-8/h2-7,12H,1H3,(H,11,13). The maximum Gasteiger partial charge on any atom is 0.248 e. The molecule has 0 radical (unpaired) electrons. The average Bonchev–Trinajstić information content (AvgIpc) is 2.09. The molecule has 68 valence electrons. The summed E-state index contributed by atoms with van der Waals surface area (Å²) in [6, 6.07) is 6.31. The highest BCUT2D eigenvalue weighted by molar-refractivity contribution is 5.99. The topological polar surface area (TPSA) is 49.3 Å². The molecule has 0 aliphatic heterocycles. The number of amides is 1. The van der Waals surface area contributed by atoms with E-state index in [-0.39, 0.29) is 11.7 Å². The van der Waals surface area contributed by atoms with Crippen LogP contribution in [0.15, 0.2) is 36.4 Å². The Labute approximate surface area is 76.7 Å². The highest BCUT2D eigenvalue weighted by Gasteiger charge is 1.95. The summed E-state index contributed by atoms with van der Waals surface area (Å²) in [4.78, 5) is 11.0. The van der Waals surface area contributed by atoms with Gasteiger partial charge < -0.3 is 10.4 Å². The lowest BCUT2D eigenvalue weighted by Gasteiger charge is -2.00. The molecule has 1 rings (SSSR count). The summed E-state index contributed by atoms with van der Waals surface area (Å²) in [6.45, 7) is 1.77. The van der Waals surface area contributed by atoms with E-state index in [1.54, 1.807) is 25.1 Å². The van der Waals surface area contributed by atoms with Crippen molar-refractivity contribution in [3.05, 3.63) is 36.4 Å². The van der Waals surface area contributed by atoms with Crippen molar-refractivity contribution in [3.63, 3.8) is 0 Å². The van der Waals surface area contributed by atoms with Gasteiger partial charge in [-0.15, -0.1) is 0 Å². The van der Waals surface area contributed by atoms with Crippen molar-refractivity contribution in [2.75, 3.05) is 5.32 Å². The van der Waals surface area contributed by atoms with E-state index < -0.39 is 0 Å². The molecule has 1 aromatic carbocycles. The third-order valence-corrected chi connectivity index (χ3v) is 1.45. The Morgan fingerprint density at radius 3 is 2.54 bits per heavy atom. The van der Waals surface area contributed by atoms with E-state index in [4.69, 9.17) is 5.11 Å². The zero-order valence-corrected chi connectivity index (χ0v) is 7.32. The second-order valence-corrected chi connectivity index (χ2v) is 2.54. The maximum atomic E-state index is 11.0. The van der Waals surface area contributed by atoms with Crippen molar-refractivity contribution in [1.82, 2.24) is 0 Å². The number of hydrogen-bond donors (Lipinski definition) is 2. The Bertz CT molecular complexity index is 314. The number of carbonyl (C=O) groups excluding carboxylic acids is 1. The summed E-state index contributed by atoms with van der Waals surface area (Å²) in [5.74, 6) is 0.0113. The Kier molecular flexibility index (Phi) is 3.09. The summed E-state index contributed by atoms with van der Waals surface area (Å²) in [6.07, 6.45) is 3.10. The summed E-state index contributed by atoms with van der Waals surface area (Å²) < 4.78 is 0. The monoisotopic (exact) mass is 177 g/mol. The largest absolute Gasteiger partial charge is 0.508 e. The van der Waals surface area contributed by atoms with Gasteiger partial charge in [0.15, 0.2) is 0 Å². The highest BCUT2D eigenvalue weighted by atomic mass is 16.3. The number of benzene rings is 1. The fraction of sp³-hybridized carbons (Fsp3) is 0.100. The van der Waals surface area contributed by atoms with Crippen LogP contribution in [0, 0.1) is 0 Å². The van der Waals surface area contributed by atoms with Crippen LogP contribution in [-0.4, -0.2) is 11.0 Å². The van der Waals surface area contributed by atoms with Gasteiger partial charge in [-0.3, -0.25) is 4.79 Å². The van der Waals surface area contributed by atoms with Crippen molar-refractivity contribution in [2.45, 2.75) is 6.92 Å². The zero-order valence-electron chi connectivity index (χ0n) is 7.32. The zero-order chi connectivity index (χ0) is 9.68. The molecule has 0 atom stereocenters. The first-order valence-corrected chi connectivity index (χ1v) is 3.95. The van der Waals surface area contributed by atoms with Crippen LogP contribution in [0.1, 0.15) is 6.92 Å². The molecule has 3 nitrogen and oxygen atoms in total. The molecule has 0 aromatic heterocycles. The molecule has 13 heavy (non-hydrogen) atoms. The van der Waals surface area contributed by atoms with Gasteiger partial charge >= 0.3 is 0 Å². The molecule has 2 N–H and O–H groups in total. The summed E-state index contributed by atoms with van der Waals surface area (Å²) in [7, 11) is 0. The third-order valence-electron chi connectivity index (χ3n) is 1.45. The van der Waals surface area contributed by atoms with E-state index in [2.05, 4.69) is 5.32 Å². The van der Waals surface area contributed by atoms with Gasteiger partial charge in [0.1, 0.15) is 5.75 Å². The van der Waals surface area contributed by atoms with Crippen LogP contribution in [0.4, 0.5) is 5.69 Å². The summed E-state index contributed by atoms with van der Waals surface area (Å²) >= 11 is 0. The number of anilines is 1. The van der Waals surface area contributed by atoms with E-state index in [1.807, 2.05) is 0 Å². The van der Waals surface area contributed by atoms with Gasteiger partial charge in [0.2, 0.25) is 5.91 Å². The molecule has 0 spiro atoms. The van der Waals surface area contributed by atoms with Crippen molar-refractivity contribution in [1.29, 1.82) is 0 Å². The lowest BCUT2D eigenvalue weighted by atomic mass is 10.3. The minimum Gasteiger partial charge on any atom is -0.508 e. The van der Waals surface area contributed by atoms with E-state index in [9.17, 15) is 4.79 Å². The van der Waals surface area contributed by atoms with E-state index in [0.29, 0.717) is 5.69 Å². The minimum absolute atomic E-state index is 0.173. The second-order valence-electron chi connectivity index (χ2n) is 2.54. The fourth-order valence-electron chi connectivity index (χ4n) is 0.880. The van der Waals surface area contributed by atoms with Gasteiger partial charge in [-0.2, -0.15) is 0 Å². The SMILES string of the molecule is CC=CC(=O)Nc1ccc(O)cc1. The number of phenols is 1. The molecule has 0 saturated heterocycles. The average molecular weight is 177 g/mol. The van der Waals surface area contributed by atoms with Gasteiger partial charge in [0, 0.05) is 5.69 Å². The predicted octanol–water partition coefficient (Wildman–Crippen LogP) is 1.91. The molecule has 0 heterocycles. The van der Waals surface area contributed by atoms with E-state index in [0.717, 1.165) is 0 Å². The van der Waals surface area contributed by atoms with Crippen LogP contribution >= 0.6 is 0 Å². The number of hydrogen-bond acceptors (Lipinski definition) is 2. The molecule has 3 heteroatoms. The van der Waals surface area contributed by atoms with Crippen molar-refractivity contribution in [2.24, 2.45) is 0 Å². The van der Waals surface area contributed by atoms with Gasteiger partial charge in [0.05, 0.1) is 0 Å². The second kappa shape index (κ2) is 4.30. The van der Waals surface area contributed by atoms with Crippen LogP contribution in [-0.2, 0) is 4.79 Å². The minimum atomic E-state index is -0.173. The number of phenolic OH excluding ortho intramolecular Hbond substituents is 1. The molecule has 1 aromatic rings. The molecule has 0 aliphatic carbocycles. The smallest absolute Gasteiger partial charge is 0.248 e. The van der Waals surface area contributed by atoms with Gasteiger partial charge in [-0.25, -0.2) is 0 Å². The molecule has 0 aliphatic rings. The number of rotatable bonds is 2. The molecule has 1 amide bonds. The van der Waals surface area contributed by atoms with Crippen LogP contribution in [0.5, 0.6) is 5.75 Å². The van der Waals surface area contributed by atoms with Crippen molar-refractivity contribution >= 4 is 11.6 Å². The number of nitrogens with one attached hydrogen (secondary N) is 1. The lowest BCUT2D eigenvalue weighted by Crippen LogP contribution is -2.07. The molecule has 0 fully saturated rings. The predicted molar refractivity (Wildman–Crippen MR) is 51.6 cm³/mol. The summed E-state index contributed by atoms with van der Waals surface area (Å²) in [5, 5.41) is 11.6. The summed E-state index contributed by atoms with van der Waals surface area (Å²) in [5.41, 5.74) is 0.668. The Hall–Kier alpha value is -1.77. The number of allylic oxidation sites excluding steroid dienone is 1. The Morgan fingerprint density at radius 2 is 2.00 bits per heavy atom. The fourth-order valence-corrected chi connectivity index (χ4v) is 0.880. The normalized spacial score (nSPS) is 10.2. The molecular weight excluding hydrogens is 166 g/mol. The van der Waals surface area contributed by atoms with Crippen LogP contribution in [0.25, 0.3) is 0 Å². The molecular formula is C10H11NO2. The molecule has 0 unspecified atom stereocenters. The molecule has 0 saturated carbocycles. The molecule has 0 bridgehead atoms. The first kappa shape index (κ1) is 9.32. The van der Waals surface area contributed by atoms with Gasteiger partial charge in [0.25, 0.3) is 0 Å². The Morgan fingerprint density at radius 1 is 1.38 bits per heavy atom. The number of carbonyl (C=O) groups is 1. The van der Waals surface area contributed by atoms with Gasteiger partial charge in [-0.05, 0) is 37.3 Å². The van der Waals surface area contributed by atoms with Crippen molar-refractivity contribution in [3.8, 4) is 5.75 Å². The lowest BCUT2D eigenvalue weighted by molar-refractivity contribution is -0.111. The van der Waals surface area contributed by atoms with Crippen LogP contribution in [0.2, 0.25) is 0 Å². The quantitative estimate of drug-likeness (QED) is 0.535. The maximum absolute atomic E-state index is 11.0. The van der Waals surface area contributed by atoms with Crippen LogP contribution < -0.4 is 5.32 Å². The Balaban J connectivity index is 2.64. The number of aromatic hydroxyl groups is 1. The van der Waals surface area contributed by atoms with E-state index >= 15 is 0 Å². The first-order valence-electron chi connectivity index (χ1n) is 3.95. The first-order chi connectivity index (χ1) is 6.22. The van der Waals surface area contributed by atoms with Gasteiger partial charge in [-0.1, -0.05) is 6.08 Å². The van der Waals surface area contributed by atoms with Crippen molar-refractivity contribution < 1.29 is 9.90 Å².